The second kappa shape index (κ2) is 3.27. The van der Waals surface area contributed by atoms with Crippen LogP contribution < -0.4 is 0 Å². The van der Waals surface area contributed by atoms with Crippen LogP contribution in [0.25, 0.3) is 10.8 Å². The Balaban J connectivity index is 2.09. The smallest absolute Gasteiger partial charge is 0.195 e. The van der Waals surface area contributed by atoms with Gasteiger partial charge in [-0.05, 0) is 12.8 Å². The van der Waals surface area contributed by atoms with Gasteiger partial charge >= 0.3 is 0 Å². The Labute approximate surface area is 89.9 Å². The normalized spacial score (nSPS) is 15.3. The van der Waals surface area contributed by atoms with E-state index in [-0.39, 0.29) is 5.78 Å². The predicted octanol–water partition coefficient (Wildman–Crippen LogP) is 2.32. The van der Waals surface area contributed by atoms with Gasteiger partial charge in [-0.2, -0.15) is 0 Å². The van der Waals surface area contributed by atoms with Gasteiger partial charge in [0, 0.05) is 17.4 Å². The highest BCUT2D eigenvalue weighted by atomic mass is 32.1. The Bertz CT molecular complexity index is 501. The average Bonchev–Trinajstić information content (AvgIpc) is 2.86. The fourth-order valence-corrected chi connectivity index (χ4v) is 2.78. The van der Waals surface area contributed by atoms with Crippen molar-refractivity contribution in [2.45, 2.75) is 19.3 Å². The standard InChI is InChI=1S/C10H8N2O2S/c13-6-2-1-3-8-9(6)12-10(15-8)7-4-5-11-14-7/h4-5H,1-3H2. The number of thiazole rings is 1. The fourth-order valence-electron chi connectivity index (χ4n) is 1.70. The number of Topliss-reactive ketones (excluding diaryl/α,β-unsaturated/α-hetero) is 1. The second-order valence-corrected chi connectivity index (χ2v) is 4.53. The summed E-state index contributed by atoms with van der Waals surface area (Å²) in [7, 11) is 0. The first-order chi connectivity index (χ1) is 7.34. The van der Waals surface area contributed by atoms with Crippen LogP contribution in [0.3, 0.4) is 0 Å². The molecule has 0 unspecified atom stereocenters. The molecule has 2 heterocycles. The number of aryl methyl sites for hydroxylation is 1. The minimum atomic E-state index is 0.151. The van der Waals surface area contributed by atoms with Crippen molar-refractivity contribution in [2.24, 2.45) is 0 Å². The molecule has 5 heteroatoms. The summed E-state index contributed by atoms with van der Waals surface area (Å²) >= 11 is 1.53. The van der Waals surface area contributed by atoms with E-state index in [1.807, 2.05) is 0 Å². The third-order valence-corrected chi connectivity index (χ3v) is 3.55. The maximum atomic E-state index is 11.6. The molecule has 0 N–H and O–H groups in total. The van der Waals surface area contributed by atoms with Crippen molar-refractivity contribution in [1.82, 2.24) is 10.1 Å². The lowest BCUT2D eigenvalue weighted by Gasteiger charge is -2.06. The van der Waals surface area contributed by atoms with Crippen molar-refractivity contribution < 1.29 is 9.32 Å². The van der Waals surface area contributed by atoms with Crippen LogP contribution in [0.4, 0.5) is 0 Å². The van der Waals surface area contributed by atoms with Gasteiger partial charge in [-0.15, -0.1) is 11.3 Å². The maximum absolute atomic E-state index is 11.6. The van der Waals surface area contributed by atoms with Gasteiger partial charge < -0.3 is 4.52 Å². The van der Waals surface area contributed by atoms with E-state index in [1.54, 1.807) is 12.3 Å². The molecule has 0 bridgehead atoms. The molecule has 0 amide bonds. The molecular formula is C10H8N2O2S. The van der Waals surface area contributed by atoms with Gasteiger partial charge in [0.25, 0.3) is 0 Å². The summed E-state index contributed by atoms with van der Waals surface area (Å²) < 4.78 is 5.02. The summed E-state index contributed by atoms with van der Waals surface area (Å²) in [6, 6.07) is 1.76. The van der Waals surface area contributed by atoms with E-state index in [9.17, 15) is 4.79 Å². The van der Waals surface area contributed by atoms with Crippen molar-refractivity contribution in [3.63, 3.8) is 0 Å². The number of hydrogen-bond donors (Lipinski definition) is 0. The van der Waals surface area contributed by atoms with Gasteiger partial charge in [-0.1, -0.05) is 5.16 Å². The number of carbonyl (C=O) groups excluding carboxylic acids is 1. The van der Waals surface area contributed by atoms with E-state index in [1.165, 1.54) is 11.3 Å². The van der Waals surface area contributed by atoms with Gasteiger partial charge in [0.15, 0.2) is 16.6 Å². The molecule has 1 aliphatic rings. The highest BCUT2D eigenvalue weighted by Crippen LogP contribution is 2.32. The van der Waals surface area contributed by atoms with E-state index in [0.29, 0.717) is 17.9 Å². The number of rotatable bonds is 1. The molecule has 4 nitrogen and oxygen atoms in total. The molecule has 0 saturated carbocycles. The largest absolute Gasteiger partial charge is 0.354 e. The van der Waals surface area contributed by atoms with Crippen LogP contribution in [-0.2, 0) is 6.42 Å². The van der Waals surface area contributed by atoms with Crippen LogP contribution in [-0.4, -0.2) is 15.9 Å². The zero-order valence-electron chi connectivity index (χ0n) is 7.90. The first-order valence-corrected chi connectivity index (χ1v) is 5.60. The summed E-state index contributed by atoms with van der Waals surface area (Å²) in [4.78, 5) is 17.0. The van der Waals surface area contributed by atoms with Crippen LogP contribution in [0.5, 0.6) is 0 Å². The summed E-state index contributed by atoms with van der Waals surface area (Å²) in [6.45, 7) is 0. The molecule has 0 aliphatic heterocycles. The first kappa shape index (κ1) is 8.79. The summed E-state index contributed by atoms with van der Waals surface area (Å²) in [5.41, 5.74) is 0.637. The minimum absolute atomic E-state index is 0.151. The number of carbonyl (C=O) groups is 1. The Morgan fingerprint density at radius 1 is 1.40 bits per heavy atom. The molecule has 3 rings (SSSR count). The average molecular weight is 220 g/mol. The molecule has 2 aromatic heterocycles. The summed E-state index contributed by atoms with van der Waals surface area (Å²) in [5, 5.41) is 4.39. The molecule has 0 aromatic carbocycles. The molecular weight excluding hydrogens is 212 g/mol. The topological polar surface area (TPSA) is 56.0 Å². The lowest BCUT2D eigenvalue weighted by Crippen LogP contribution is -2.08. The molecule has 15 heavy (non-hydrogen) atoms. The number of aromatic nitrogens is 2. The molecule has 0 radical (unpaired) electrons. The van der Waals surface area contributed by atoms with Crippen molar-refractivity contribution >= 4 is 17.1 Å². The van der Waals surface area contributed by atoms with Gasteiger partial charge in [-0.25, -0.2) is 4.98 Å². The van der Waals surface area contributed by atoms with Gasteiger partial charge in [0.1, 0.15) is 5.69 Å². The molecule has 2 aromatic rings. The van der Waals surface area contributed by atoms with Crippen molar-refractivity contribution in [2.75, 3.05) is 0 Å². The summed E-state index contributed by atoms with van der Waals surface area (Å²) in [6.07, 6.45) is 4.08. The highest BCUT2D eigenvalue weighted by Gasteiger charge is 2.23. The predicted molar refractivity (Wildman–Crippen MR) is 54.9 cm³/mol. The van der Waals surface area contributed by atoms with Crippen LogP contribution >= 0.6 is 11.3 Å². The third-order valence-electron chi connectivity index (χ3n) is 2.42. The zero-order chi connectivity index (χ0) is 10.3. The van der Waals surface area contributed by atoms with Crippen LogP contribution in [0.1, 0.15) is 28.2 Å². The summed E-state index contributed by atoms with van der Waals surface area (Å²) in [5.74, 6) is 0.792. The van der Waals surface area contributed by atoms with Gasteiger partial charge in [0.2, 0.25) is 0 Å². The molecule has 0 atom stereocenters. The number of ketones is 1. The van der Waals surface area contributed by atoms with Crippen molar-refractivity contribution in [3.05, 3.63) is 22.8 Å². The molecule has 0 fully saturated rings. The first-order valence-electron chi connectivity index (χ1n) is 4.78. The quantitative estimate of drug-likeness (QED) is 0.740. The Hall–Kier alpha value is -1.49. The van der Waals surface area contributed by atoms with Gasteiger partial charge in [0.05, 0.1) is 6.20 Å². The van der Waals surface area contributed by atoms with E-state index in [0.717, 1.165) is 22.7 Å². The molecule has 1 aliphatic carbocycles. The number of hydrogen-bond acceptors (Lipinski definition) is 5. The fraction of sp³-hybridized carbons (Fsp3) is 0.300. The number of nitrogens with zero attached hydrogens (tertiary/aromatic N) is 2. The Morgan fingerprint density at radius 2 is 2.33 bits per heavy atom. The maximum Gasteiger partial charge on any atom is 0.195 e. The van der Waals surface area contributed by atoms with E-state index in [4.69, 9.17) is 4.52 Å². The lowest BCUT2D eigenvalue weighted by atomic mass is 10.0. The van der Waals surface area contributed by atoms with Crippen LogP contribution in [0, 0.1) is 0 Å². The van der Waals surface area contributed by atoms with Crippen LogP contribution in [0.2, 0.25) is 0 Å². The zero-order valence-corrected chi connectivity index (χ0v) is 8.71. The van der Waals surface area contributed by atoms with Gasteiger partial charge in [-0.3, -0.25) is 4.79 Å². The Morgan fingerprint density at radius 3 is 3.07 bits per heavy atom. The number of fused-ring (bicyclic) bond motifs is 1. The van der Waals surface area contributed by atoms with E-state index < -0.39 is 0 Å². The van der Waals surface area contributed by atoms with Crippen LogP contribution in [0.15, 0.2) is 16.8 Å². The lowest BCUT2D eigenvalue weighted by molar-refractivity contribution is 0.0968. The third kappa shape index (κ3) is 1.39. The second-order valence-electron chi connectivity index (χ2n) is 3.44. The Kier molecular flexibility index (Phi) is 1.92. The molecule has 0 saturated heterocycles. The monoisotopic (exact) mass is 220 g/mol. The highest BCUT2D eigenvalue weighted by molar-refractivity contribution is 7.15. The molecule has 0 spiro atoms. The van der Waals surface area contributed by atoms with E-state index in [2.05, 4.69) is 10.1 Å². The van der Waals surface area contributed by atoms with Crippen molar-refractivity contribution in [1.29, 1.82) is 0 Å². The van der Waals surface area contributed by atoms with E-state index >= 15 is 0 Å². The SMILES string of the molecule is O=C1CCCc2sc(-c3ccno3)nc21. The molecule has 76 valence electrons. The minimum Gasteiger partial charge on any atom is -0.354 e. The van der Waals surface area contributed by atoms with Crippen molar-refractivity contribution in [3.8, 4) is 10.8 Å².